The SMILES string of the molecule is CC1=NC(C)(N2CCN(C=O)CC2)C2=C(CCC(N)S2)N1. The number of piperazine rings is 1. The van der Waals surface area contributed by atoms with Crippen molar-refractivity contribution >= 4 is 24.0 Å². The van der Waals surface area contributed by atoms with E-state index in [1.807, 2.05) is 11.8 Å². The molecule has 1 amide bonds. The van der Waals surface area contributed by atoms with Gasteiger partial charge in [0.05, 0.1) is 5.37 Å². The monoisotopic (exact) mass is 309 g/mol. The number of allylic oxidation sites excluding steroid dienone is 1. The zero-order valence-corrected chi connectivity index (χ0v) is 13.4. The number of amides is 1. The summed E-state index contributed by atoms with van der Waals surface area (Å²) in [5.41, 5.74) is 7.08. The Morgan fingerprint density at radius 2 is 2.14 bits per heavy atom. The highest BCUT2D eigenvalue weighted by Gasteiger charge is 2.43. The predicted molar refractivity (Wildman–Crippen MR) is 85.7 cm³/mol. The van der Waals surface area contributed by atoms with Crippen LogP contribution in [-0.2, 0) is 4.79 Å². The lowest BCUT2D eigenvalue weighted by atomic mass is 10.0. The number of carbonyl (C=O) groups is 1. The third-order valence-electron chi connectivity index (χ3n) is 4.45. The first kappa shape index (κ1) is 14.9. The summed E-state index contributed by atoms with van der Waals surface area (Å²) in [5, 5.41) is 3.56. The molecular formula is C14H23N5OS. The molecule has 6 nitrogen and oxygen atoms in total. The van der Waals surface area contributed by atoms with E-state index in [1.54, 1.807) is 11.8 Å². The number of nitrogens with two attached hydrogens (primary N) is 1. The van der Waals surface area contributed by atoms with E-state index in [9.17, 15) is 4.79 Å². The lowest BCUT2D eigenvalue weighted by Crippen LogP contribution is -2.58. The first-order chi connectivity index (χ1) is 10.0. The van der Waals surface area contributed by atoms with Gasteiger partial charge in [0.25, 0.3) is 0 Å². The van der Waals surface area contributed by atoms with Crippen LogP contribution in [-0.4, -0.2) is 59.3 Å². The fourth-order valence-corrected chi connectivity index (χ4v) is 4.53. The lowest BCUT2D eigenvalue weighted by Gasteiger charge is -2.47. The highest BCUT2D eigenvalue weighted by atomic mass is 32.2. The Labute approximate surface area is 129 Å². The van der Waals surface area contributed by atoms with Gasteiger partial charge in [-0.1, -0.05) is 0 Å². The highest BCUT2D eigenvalue weighted by molar-refractivity contribution is 8.03. The summed E-state index contributed by atoms with van der Waals surface area (Å²) in [4.78, 5) is 21.2. The quantitative estimate of drug-likeness (QED) is 0.728. The Hall–Kier alpha value is -1.05. The van der Waals surface area contributed by atoms with E-state index >= 15 is 0 Å². The summed E-state index contributed by atoms with van der Waals surface area (Å²) in [6.07, 6.45) is 2.92. The van der Waals surface area contributed by atoms with Gasteiger partial charge in [-0.2, -0.15) is 0 Å². The average Bonchev–Trinajstić information content (AvgIpc) is 2.48. The van der Waals surface area contributed by atoms with Gasteiger partial charge in [0.2, 0.25) is 6.41 Å². The molecule has 0 aromatic heterocycles. The average molecular weight is 309 g/mol. The maximum atomic E-state index is 10.9. The van der Waals surface area contributed by atoms with Crippen LogP contribution in [0.15, 0.2) is 15.6 Å². The first-order valence-corrected chi connectivity index (χ1v) is 8.34. The van der Waals surface area contributed by atoms with Gasteiger partial charge >= 0.3 is 0 Å². The standard InChI is InChI=1S/C14H23N5OS/c1-10-16-11-3-4-12(15)21-13(11)14(2,17-10)19-7-5-18(9-20)6-8-19/h9,12H,3-8,15H2,1-2H3,(H,16,17). The summed E-state index contributed by atoms with van der Waals surface area (Å²) in [7, 11) is 0. The summed E-state index contributed by atoms with van der Waals surface area (Å²) in [6, 6.07) is 0. The van der Waals surface area contributed by atoms with Crippen LogP contribution in [0, 0.1) is 0 Å². The van der Waals surface area contributed by atoms with Crippen molar-refractivity contribution in [3.8, 4) is 0 Å². The number of hydrogen-bond donors (Lipinski definition) is 2. The third-order valence-corrected chi connectivity index (χ3v) is 5.86. The molecule has 3 heterocycles. The summed E-state index contributed by atoms with van der Waals surface area (Å²) in [5.74, 6) is 0.963. The van der Waals surface area contributed by atoms with E-state index < -0.39 is 0 Å². The van der Waals surface area contributed by atoms with E-state index in [0.29, 0.717) is 0 Å². The number of thioether (sulfide) groups is 1. The molecule has 116 valence electrons. The van der Waals surface area contributed by atoms with Crippen LogP contribution < -0.4 is 11.1 Å². The summed E-state index contributed by atoms with van der Waals surface area (Å²) < 4.78 is 0. The number of carbonyl (C=O) groups excluding carboxylic acids is 1. The van der Waals surface area contributed by atoms with Crippen LogP contribution in [0.25, 0.3) is 0 Å². The van der Waals surface area contributed by atoms with Crippen molar-refractivity contribution in [3.63, 3.8) is 0 Å². The van der Waals surface area contributed by atoms with Crippen molar-refractivity contribution < 1.29 is 4.79 Å². The largest absolute Gasteiger partial charge is 0.347 e. The molecule has 3 rings (SSSR count). The maximum absolute atomic E-state index is 10.9. The normalized spacial score (nSPS) is 34.1. The molecule has 0 radical (unpaired) electrons. The summed E-state index contributed by atoms with van der Waals surface area (Å²) >= 11 is 1.74. The van der Waals surface area contributed by atoms with Gasteiger partial charge in [-0.15, -0.1) is 11.8 Å². The molecule has 3 N–H and O–H groups in total. The third kappa shape index (κ3) is 2.69. The predicted octanol–water partition coefficient (Wildman–Crippen LogP) is 0.522. The van der Waals surface area contributed by atoms with E-state index in [1.165, 1.54) is 10.6 Å². The van der Waals surface area contributed by atoms with Crippen molar-refractivity contribution in [3.05, 3.63) is 10.6 Å². The molecule has 3 aliphatic rings. The smallest absolute Gasteiger partial charge is 0.209 e. The molecule has 7 heteroatoms. The maximum Gasteiger partial charge on any atom is 0.209 e. The minimum Gasteiger partial charge on any atom is -0.347 e. The molecule has 0 aliphatic carbocycles. The van der Waals surface area contributed by atoms with Gasteiger partial charge in [0.1, 0.15) is 11.5 Å². The number of amidine groups is 1. The van der Waals surface area contributed by atoms with Crippen molar-refractivity contribution in [2.24, 2.45) is 10.7 Å². The first-order valence-electron chi connectivity index (χ1n) is 7.46. The molecule has 1 saturated heterocycles. The van der Waals surface area contributed by atoms with Gasteiger partial charge in [-0.3, -0.25) is 9.69 Å². The molecule has 2 unspecified atom stereocenters. The Morgan fingerprint density at radius 3 is 2.81 bits per heavy atom. The van der Waals surface area contributed by atoms with Crippen LogP contribution in [0.2, 0.25) is 0 Å². The van der Waals surface area contributed by atoms with Crippen LogP contribution in [0.4, 0.5) is 0 Å². The minimum atomic E-state index is -0.345. The highest BCUT2D eigenvalue weighted by Crippen LogP contribution is 2.44. The molecular weight excluding hydrogens is 286 g/mol. The Kier molecular flexibility index (Phi) is 3.98. The number of rotatable bonds is 2. The molecule has 0 aromatic carbocycles. The van der Waals surface area contributed by atoms with E-state index in [4.69, 9.17) is 10.7 Å². The Morgan fingerprint density at radius 1 is 1.43 bits per heavy atom. The van der Waals surface area contributed by atoms with Gasteiger partial charge in [0.15, 0.2) is 0 Å². The number of aliphatic imine (C=N–C) groups is 1. The van der Waals surface area contributed by atoms with E-state index in [2.05, 4.69) is 17.1 Å². The van der Waals surface area contributed by atoms with Crippen molar-refractivity contribution in [1.82, 2.24) is 15.1 Å². The van der Waals surface area contributed by atoms with Crippen LogP contribution in [0.5, 0.6) is 0 Å². The molecule has 0 aromatic rings. The fourth-order valence-electron chi connectivity index (χ4n) is 3.30. The second-order valence-electron chi connectivity index (χ2n) is 5.97. The van der Waals surface area contributed by atoms with Gasteiger partial charge in [0, 0.05) is 36.8 Å². The zero-order valence-electron chi connectivity index (χ0n) is 12.6. The van der Waals surface area contributed by atoms with Gasteiger partial charge < -0.3 is 16.0 Å². The van der Waals surface area contributed by atoms with Gasteiger partial charge in [-0.05, 0) is 26.7 Å². The molecule has 21 heavy (non-hydrogen) atoms. The molecule has 0 bridgehead atoms. The summed E-state index contributed by atoms with van der Waals surface area (Å²) in [6.45, 7) is 7.41. The number of nitrogens with one attached hydrogen (secondary N) is 1. The molecule has 2 atom stereocenters. The second kappa shape index (κ2) is 5.62. The van der Waals surface area contributed by atoms with Crippen LogP contribution in [0.3, 0.4) is 0 Å². The molecule has 3 aliphatic heterocycles. The number of hydrogen-bond acceptors (Lipinski definition) is 6. The van der Waals surface area contributed by atoms with Crippen LogP contribution in [0.1, 0.15) is 26.7 Å². The number of nitrogens with zero attached hydrogens (tertiary/aromatic N) is 3. The Bertz CT molecular complexity index is 498. The molecule has 1 fully saturated rings. The van der Waals surface area contributed by atoms with Gasteiger partial charge in [-0.25, -0.2) is 4.99 Å². The van der Waals surface area contributed by atoms with E-state index in [-0.39, 0.29) is 11.0 Å². The zero-order chi connectivity index (χ0) is 15.0. The van der Waals surface area contributed by atoms with Crippen molar-refractivity contribution in [2.45, 2.75) is 37.7 Å². The Balaban J connectivity index is 1.88. The second-order valence-corrected chi connectivity index (χ2v) is 7.22. The van der Waals surface area contributed by atoms with Crippen molar-refractivity contribution in [1.29, 1.82) is 0 Å². The van der Waals surface area contributed by atoms with Crippen molar-refractivity contribution in [2.75, 3.05) is 26.2 Å². The topological polar surface area (TPSA) is 74.0 Å². The van der Waals surface area contributed by atoms with Crippen LogP contribution >= 0.6 is 11.8 Å². The minimum absolute atomic E-state index is 0.148. The van der Waals surface area contributed by atoms with E-state index in [0.717, 1.165) is 51.3 Å². The lowest BCUT2D eigenvalue weighted by molar-refractivity contribution is -0.120. The fraction of sp³-hybridized carbons (Fsp3) is 0.714. The molecule has 0 saturated carbocycles. The molecule has 0 spiro atoms.